The summed E-state index contributed by atoms with van der Waals surface area (Å²) < 4.78 is 13.8. The van der Waals surface area contributed by atoms with Crippen molar-refractivity contribution >= 4 is 74.9 Å². The molecule has 2 fully saturated rings. The van der Waals surface area contributed by atoms with E-state index >= 15 is 0 Å². The van der Waals surface area contributed by atoms with Gasteiger partial charge in [-0.15, -0.1) is 11.8 Å². The highest BCUT2D eigenvalue weighted by atomic mass is 35.5. The van der Waals surface area contributed by atoms with Crippen LogP contribution in [0, 0.1) is 5.82 Å². The van der Waals surface area contributed by atoms with Crippen LogP contribution in [0.3, 0.4) is 0 Å². The topological polar surface area (TPSA) is 73.5 Å². The number of carbonyl (C=O) groups is 2. The summed E-state index contributed by atoms with van der Waals surface area (Å²) in [4.78, 5) is 26.7. The Hall–Kier alpha value is -1.85. The average molecular weight is 483 g/mol. The van der Waals surface area contributed by atoms with Gasteiger partial charge in [-0.2, -0.15) is 0 Å². The van der Waals surface area contributed by atoms with Gasteiger partial charge in [-0.1, -0.05) is 41.6 Å². The van der Waals surface area contributed by atoms with Gasteiger partial charge in [0.05, 0.1) is 5.75 Å². The van der Waals surface area contributed by atoms with E-state index in [4.69, 9.17) is 23.8 Å². The molecule has 0 bridgehead atoms. The molecule has 3 unspecified atom stereocenters. The second-order valence-electron chi connectivity index (χ2n) is 6.52. The fraction of sp³-hybridized carbons (Fsp3) is 0.211. The van der Waals surface area contributed by atoms with E-state index in [-0.39, 0.29) is 23.7 Å². The Labute approximate surface area is 191 Å². The highest BCUT2D eigenvalue weighted by molar-refractivity contribution is 8.24. The van der Waals surface area contributed by atoms with E-state index in [9.17, 15) is 14.0 Å². The summed E-state index contributed by atoms with van der Waals surface area (Å²) in [5.41, 5.74) is 0.736. The lowest BCUT2D eigenvalue weighted by atomic mass is 10.2. The molecular formula is C19H16ClFN4O2S3. The van der Waals surface area contributed by atoms with Gasteiger partial charge in [0.15, 0.2) is 0 Å². The van der Waals surface area contributed by atoms with Crippen molar-refractivity contribution in [2.45, 2.75) is 16.9 Å². The van der Waals surface area contributed by atoms with Crippen molar-refractivity contribution in [1.82, 2.24) is 10.6 Å². The van der Waals surface area contributed by atoms with Crippen molar-refractivity contribution in [3.05, 3.63) is 59.4 Å². The third kappa shape index (κ3) is 4.73. The molecule has 2 aromatic rings. The van der Waals surface area contributed by atoms with Crippen LogP contribution in [-0.4, -0.2) is 38.8 Å². The molecule has 0 aliphatic carbocycles. The molecule has 11 heteroatoms. The smallest absolute Gasteiger partial charge is 0.238 e. The summed E-state index contributed by atoms with van der Waals surface area (Å²) in [6, 6.07) is 12.9. The van der Waals surface area contributed by atoms with Crippen LogP contribution in [0.15, 0.2) is 48.5 Å². The summed E-state index contributed by atoms with van der Waals surface area (Å²) in [6.07, 6.45) is -0.346. The van der Waals surface area contributed by atoms with Gasteiger partial charge in [0.1, 0.15) is 27.1 Å². The van der Waals surface area contributed by atoms with Crippen LogP contribution in [0.2, 0.25) is 5.02 Å². The fourth-order valence-corrected chi connectivity index (χ4v) is 5.66. The number of fused-ring (bicyclic) bond motifs is 1. The molecule has 0 aromatic heterocycles. The van der Waals surface area contributed by atoms with Crippen molar-refractivity contribution in [3.8, 4) is 0 Å². The standard InChI is InChI=1S/C19H16ClFN4O2S3/c20-10-4-6-13(7-5-10)25-16-15(30-19(25)28)17(27)24-18(23-16)29-9-14(26)22-12-3-1-2-11(21)8-12/h1-8,15-16,18,23H,9H2,(H,22,26)(H,24,27). The zero-order valence-corrected chi connectivity index (χ0v) is 18.5. The molecule has 30 heavy (non-hydrogen) atoms. The molecule has 0 spiro atoms. The number of thiocarbonyl (C=S) groups is 1. The second-order valence-corrected chi connectivity index (χ2v) is 9.83. The van der Waals surface area contributed by atoms with Crippen molar-refractivity contribution < 1.29 is 14.0 Å². The molecule has 2 aliphatic heterocycles. The molecule has 2 heterocycles. The number of benzene rings is 2. The quantitative estimate of drug-likeness (QED) is 0.564. The Morgan fingerprint density at radius 1 is 1.30 bits per heavy atom. The van der Waals surface area contributed by atoms with Crippen LogP contribution in [0.5, 0.6) is 0 Å². The Bertz CT molecular complexity index is 994. The number of thioether (sulfide) groups is 2. The number of hydrogen-bond donors (Lipinski definition) is 3. The first-order valence-corrected chi connectivity index (χ1v) is 11.6. The normalized spacial score (nSPS) is 23.1. The number of nitrogens with zero attached hydrogens (tertiary/aromatic N) is 1. The van der Waals surface area contributed by atoms with Crippen LogP contribution in [0.25, 0.3) is 0 Å². The van der Waals surface area contributed by atoms with Crippen molar-refractivity contribution in [3.63, 3.8) is 0 Å². The molecule has 0 radical (unpaired) electrons. The van der Waals surface area contributed by atoms with Gasteiger partial charge in [0.25, 0.3) is 0 Å². The van der Waals surface area contributed by atoms with Crippen molar-refractivity contribution in [2.75, 3.05) is 16.0 Å². The molecule has 2 aliphatic rings. The van der Waals surface area contributed by atoms with E-state index in [0.29, 0.717) is 15.0 Å². The SMILES string of the molecule is O=C(CSC1NC(=O)C2SC(=S)N(c3ccc(Cl)cc3)C2N1)Nc1cccc(F)c1. The zero-order chi connectivity index (χ0) is 21.3. The molecule has 6 nitrogen and oxygen atoms in total. The van der Waals surface area contributed by atoms with Crippen molar-refractivity contribution in [2.24, 2.45) is 0 Å². The van der Waals surface area contributed by atoms with E-state index in [2.05, 4.69) is 16.0 Å². The van der Waals surface area contributed by atoms with Crippen LogP contribution in [0.1, 0.15) is 0 Å². The van der Waals surface area contributed by atoms with Crippen LogP contribution < -0.4 is 20.9 Å². The summed E-state index contributed by atoms with van der Waals surface area (Å²) in [7, 11) is 0. The van der Waals surface area contributed by atoms with Gasteiger partial charge in [-0.3, -0.25) is 14.9 Å². The van der Waals surface area contributed by atoms with E-state index in [1.165, 1.54) is 41.7 Å². The predicted molar refractivity (Wildman–Crippen MR) is 124 cm³/mol. The van der Waals surface area contributed by atoms with E-state index in [1.807, 2.05) is 17.0 Å². The number of nitrogens with one attached hydrogen (secondary N) is 3. The lowest BCUT2D eigenvalue weighted by Crippen LogP contribution is -2.64. The minimum absolute atomic E-state index is 0.0738. The van der Waals surface area contributed by atoms with Gasteiger partial charge in [-0.25, -0.2) is 4.39 Å². The van der Waals surface area contributed by atoms with E-state index in [1.54, 1.807) is 18.2 Å². The maximum absolute atomic E-state index is 13.3. The van der Waals surface area contributed by atoms with E-state index < -0.39 is 16.6 Å². The zero-order valence-electron chi connectivity index (χ0n) is 15.3. The number of hydrogen-bond acceptors (Lipinski definition) is 6. The fourth-order valence-electron chi connectivity index (χ4n) is 3.13. The number of halogens is 2. The Morgan fingerprint density at radius 2 is 2.07 bits per heavy atom. The minimum Gasteiger partial charge on any atom is -0.331 e. The Kier molecular flexibility index (Phi) is 6.49. The molecule has 0 saturated carbocycles. The summed E-state index contributed by atoms with van der Waals surface area (Å²) in [5, 5.41) is 9.06. The third-order valence-electron chi connectivity index (χ3n) is 4.44. The van der Waals surface area contributed by atoms with Gasteiger partial charge in [0, 0.05) is 16.4 Å². The number of rotatable bonds is 5. The third-order valence-corrected chi connectivity index (χ3v) is 7.32. The Morgan fingerprint density at radius 3 is 2.80 bits per heavy atom. The molecule has 4 rings (SSSR count). The van der Waals surface area contributed by atoms with Gasteiger partial charge >= 0.3 is 0 Å². The van der Waals surface area contributed by atoms with Crippen LogP contribution in [0.4, 0.5) is 15.8 Å². The van der Waals surface area contributed by atoms with Gasteiger partial charge in [-0.05, 0) is 42.5 Å². The highest BCUT2D eigenvalue weighted by Crippen LogP contribution is 2.37. The molecular weight excluding hydrogens is 467 g/mol. The predicted octanol–water partition coefficient (Wildman–Crippen LogP) is 3.39. The first-order chi connectivity index (χ1) is 14.4. The molecule has 2 saturated heterocycles. The largest absolute Gasteiger partial charge is 0.331 e. The molecule has 156 valence electrons. The monoisotopic (exact) mass is 482 g/mol. The molecule has 2 amide bonds. The summed E-state index contributed by atoms with van der Waals surface area (Å²) in [6.45, 7) is 0. The number of amides is 2. The maximum atomic E-state index is 13.3. The lowest BCUT2D eigenvalue weighted by Gasteiger charge is -2.36. The Balaban J connectivity index is 1.40. The summed E-state index contributed by atoms with van der Waals surface area (Å²) in [5.74, 6) is -0.797. The maximum Gasteiger partial charge on any atom is 0.238 e. The first kappa shape index (κ1) is 21.4. The molecule has 3 atom stereocenters. The highest BCUT2D eigenvalue weighted by Gasteiger charge is 2.47. The minimum atomic E-state index is -0.478. The van der Waals surface area contributed by atoms with Crippen LogP contribution in [-0.2, 0) is 9.59 Å². The van der Waals surface area contributed by atoms with Crippen molar-refractivity contribution in [1.29, 1.82) is 0 Å². The average Bonchev–Trinajstić information content (AvgIpc) is 3.04. The lowest BCUT2D eigenvalue weighted by molar-refractivity contribution is -0.122. The first-order valence-electron chi connectivity index (χ1n) is 8.89. The van der Waals surface area contributed by atoms with Gasteiger partial charge in [0.2, 0.25) is 11.8 Å². The summed E-state index contributed by atoms with van der Waals surface area (Å²) >= 11 is 14.0. The number of anilines is 2. The second kappa shape index (κ2) is 9.11. The molecule has 3 N–H and O–H groups in total. The molecule has 2 aromatic carbocycles. The van der Waals surface area contributed by atoms with Gasteiger partial charge < -0.3 is 15.5 Å². The number of carbonyl (C=O) groups excluding carboxylic acids is 2. The van der Waals surface area contributed by atoms with E-state index in [0.717, 1.165) is 5.69 Å². The van der Waals surface area contributed by atoms with Crippen LogP contribution >= 0.6 is 47.3 Å².